The number of rotatable bonds is 9. The molecule has 0 saturated carbocycles. The van der Waals surface area contributed by atoms with Crippen molar-refractivity contribution in [2.75, 3.05) is 7.11 Å². The van der Waals surface area contributed by atoms with Crippen LogP contribution in [0.5, 0.6) is 5.75 Å². The first-order chi connectivity index (χ1) is 14.0. The molecule has 9 nitrogen and oxygen atoms in total. The number of aliphatic hydroxyl groups is 1. The predicted octanol–water partition coefficient (Wildman–Crippen LogP) is 2.68. The van der Waals surface area contributed by atoms with Crippen LogP contribution in [-0.2, 0) is 27.3 Å². The Morgan fingerprint density at radius 3 is 2.37 bits per heavy atom. The Hall–Kier alpha value is -2.82. The summed E-state index contributed by atoms with van der Waals surface area (Å²) in [6, 6.07) is 11.2. The highest BCUT2D eigenvalue weighted by molar-refractivity contribution is 7.78. The van der Waals surface area contributed by atoms with Crippen molar-refractivity contribution < 1.29 is 28.0 Å². The van der Waals surface area contributed by atoms with Crippen molar-refractivity contribution in [2.24, 2.45) is 0 Å². The van der Waals surface area contributed by atoms with Crippen molar-refractivity contribution in [1.82, 2.24) is 4.31 Å². The van der Waals surface area contributed by atoms with Crippen LogP contribution < -0.4 is 4.18 Å². The molecule has 2 atom stereocenters. The third kappa shape index (κ3) is 5.85. The fourth-order valence-electron chi connectivity index (χ4n) is 2.81. The molecule has 30 heavy (non-hydrogen) atoms. The summed E-state index contributed by atoms with van der Waals surface area (Å²) in [7, 11) is 1.13. The van der Waals surface area contributed by atoms with Crippen LogP contribution in [0.25, 0.3) is 0 Å². The van der Waals surface area contributed by atoms with Gasteiger partial charge in [-0.25, -0.2) is 0 Å². The number of ether oxygens (including phenoxy) is 1. The van der Waals surface area contributed by atoms with E-state index in [2.05, 4.69) is 0 Å². The van der Waals surface area contributed by atoms with Gasteiger partial charge in [0.2, 0.25) is 0 Å². The number of nitrogens with zero attached hydrogens (tertiary/aromatic N) is 2. The number of hydrogen-bond donors (Lipinski definition) is 1. The van der Waals surface area contributed by atoms with Crippen LogP contribution in [-0.4, -0.2) is 43.3 Å². The Morgan fingerprint density at radius 1 is 1.23 bits per heavy atom. The van der Waals surface area contributed by atoms with Gasteiger partial charge in [0.1, 0.15) is 5.75 Å². The molecule has 2 unspecified atom stereocenters. The zero-order valence-corrected chi connectivity index (χ0v) is 17.9. The summed E-state index contributed by atoms with van der Waals surface area (Å²) < 4.78 is 24.4. The third-order valence-corrected chi connectivity index (χ3v) is 5.33. The Labute approximate surface area is 177 Å². The van der Waals surface area contributed by atoms with Gasteiger partial charge in [0.15, 0.2) is 6.04 Å². The number of methoxy groups -OCH3 is 1. The lowest BCUT2D eigenvalue weighted by Gasteiger charge is -2.34. The lowest BCUT2D eigenvalue weighted by molar-refractivity contribution is -0.385. The van der Waals surface area contributed by atoms with Crippen molar-refractivity contribution in [2.45, 2.75) is 39.0 Å². The highest BCUT2D eigenvalue weighted by atomic mass is 32.2. The molecule has 0 fully saturated rings. The monoisotopic (exact) mass is 436 g/mol. The van der Waals surface area contributed by atoms with Gasteiger partial charge in [-0.3, -0.25) is 14.9 Å². The summed E-state index contributed by atoms with van der Waals surface area (Å²) in [4.78, 5) is 23.3. The summed E-state index contributed by atoms with van der Waals surface area (Å²) in [5.41, 5.74) is -0.743. The number of carbonyl (C=O) groups excluding carboxylic acids is 1. The summed E-state index contributed by atoms with van der Waals surface area (Å²) in [5, 5.41) is 22.0. The van der Waals surface area contributed by atoms with E-state index in [-0.39, 0.29) is 23.5 Å². The SMILES string of the molecule is COC(=O)C(N(Cc1ccccc1[N+](=O)[O-])S(=O)Oc1ccc(C)cc1)C(C)(C)O. The van der Waals surface area contributed by atoms with Crippen molar-refractivity contribution >= 4 is 22.9 Å². The zero-order chi connectivity index (χ0) is 22.5. The fourth-order valence-corrected chi connectivity index (χ4v) is 3.95. The van der Waals surface area contributed by atoms with E-state index < -0.39 is 33.8 Å². The molecule has 0 saturated heterocycles. The second-order valence-corrected chi connectivity index (χ2v) is 8.22. The van der Waals surface area contributed by atoms with Crippen LogP contribution in [0.3, 0.4) is 0 Å². The summed E-state index contributed by atoms with van der Waals surface area (Å²) in [6.45, 7) is 4.27. The second kappa shape index (κ2) is 9.79. The van der Waals surface area contributed by atoms with Gasteiger partial charge < -0.3 is 14.0 Å². The fraction of sp³-hybridized carbons (Fsp3) is 0.350. The molecule has 0 aliphatic rings. The van der Waals surface area contributed by atoms with Crippen LogP contribution in [0.4, 0.5) is 5.69 Å². The van der Waals surface area contributed by atoms with Gasteiger partial charge in [0.05, 0.1) is 17.6 Å². The quantitative estimate of drug-likeness (QED) is 0.365. The van der Waals surface area contributed by atoms with E-state index in [0.717, 1.165) is 17.0 Å². The van der Waals surface area contributed by atoms with E-state index in [4.69, 9.17) is 8.92 Å². The smallest absolute Gasteiger partial charge is 0.327 e. The maximum Gasteiger partial charge on any atom is 0.327 e. The number of para-hydroxylation sites is 1. The molecule has 2 rings (SSSR count). The van der Waals surface area contributed by atoms with Crippen molar-refractivity contribution in [3.63, 3.8) is 0 Å². The maximum atomic E-state index is 13.1. The molecule has 0 aromatic heterocycles. The normalized spacial score (nSPS) is 13.5. The molecule has 2 aromatic rings. The lowest BCUT2D eigenvalue weighted by atomic mass is 9.98. The molecule has 10 heteroatoms. The summed E-state index contributed by atoms with van der Waals surface area (Å²) in [5.74, 6) is -0.590. The Morgan fingerprint density at radius 2 is 1.83 bits per heavy atom. The number of aryl methyl sites for hydroxylation is 1. The Kier molecular flexibility index (Phi) is 7.65. The maximum absolute atomic E-state index is 13.1. The first-order valence-corrected chi connectivity index (χ1v) is 10.0. The van der Waals surface area contributed by atoms with Crippen LogP contribution in [0.2, 0.25) is 0 Å². The van der Waals surface area contributed by atoms with Gasteiger partial charge in [-0.15, -0.1) is 0 Å². The predicted molar refractivity (Wildman–Crippen MR) is 111 cm³/mol. The minimum Gasteiger partial charge on any atom is -0.468 e. The third-order valence-electron chi connectivity index (χ3n) is 4.28. The van der Waals surface area contributed by atoms with E-state index >= 15 is 0 Å². The van der Waals surface area contributed by atoms with Crippen LogP contribution in [0.15, 0.2) is 48.5 Å². The lowest BCUT2D eigenvalue weighted by Crippen LogP contribution is -2.55. The first kappa shape index (κ1) is 23.5. The van der Waals surface area contributed by atoms with Gasteiger partial charge in [0.25, 0.3) is 17.0 Å². The molecule has 2 aromatic carbocycles. The number of esters is 1. The molecule has 0 heterocycles. The van der Waals surface area contributed by atoms with Gasteiger partial charge >= 0.3 is 5.97 Å². The molecule has 0 radical (unpaired) electrons. The minimum absolute atomic E-state index is 0.196. The highest BCUT2D eigenvalue weighted by Crippen LogP contribution is 2.27. The van der Waals surface area contributed by atoms with Gasteiger partial charge in [-0.05, 0) is 32.9 Å². The van der Waals surface area contributed by atoms with E-state index in [0.29, 0.717) is 0 Å². The molecular weight excluding hydrogens is 412 g/mol. The molecule has 0 aliphatic heterocycles. The minimum atomic E-state index is -2.29. The molecule has 0 aliphatic carbocycles. The van der Waals surface area contributed by atoms with Crippen molar-refractivity contribution in [3.05, 3.63) is 69.8 Å². The van der Waals surface area contributed by atoms with E-state index in [1.807, 2.05) is 6.92 Å². The first-order valence-electron chi connectivity index (χ1n) is 9.00. The largest absolute Gasteiger partial charge is 0.468 e. The molecule has 0 bridgehead atoms. The van der Waals surface area contributed by atoms with E-state index in [9.17, 15) is 24.2 Å². The van der Waals surface area contributed by atoms with Gasteiger partial charge in [0, 0.05) is 18.2 Å². The number of benzene rings is 2. The average molecular weight is 436 g/mol. The number of nitro groups is 1. The summed E-state index contributed by atoms with van der Waals surface area (Å²) >= 11 is -2.29. The number of nitro benzene ring substituents is 1. The second-order valence-electron chi connectivity index (χ2n) is 7.15. The highest BCUT2D eigenvalue weighted by Gasteiger charge is 2.43. The molecular formula is C20H24N2O7S. The van der Waals surface area contributed by atoms with Crippen molar-refractivity contribution in [1.29, 1.82) is 0 Å². The summed E-state index contributed by atoms with van der Waals surface area (Å²) in [6.07, 6.45) is 0. The Bertz CT molecular complexity index is 925. The molecule has 162 valence electrons. The van der Waals surface area contributed by atoms with Crippen LogP contribution in [0.1, 0.15) is 25.0 Å². The number of carbonyl (C=O) groups is 1. The molecule has 0 amide bonds. The number of hydrogen-bond acceptors (Lipinski definition) is 7. The standard InChI is InChI=1S/C20H24N2O7S/c1-14-9-11-16(12-10-14)29-30(27)21(18(19(23)28-4)20(2,3)24)13-15-7-5-6-8-17(15)22(25)26/h5-12,18,24H,13H2,1-4H3. The molecule has 1 N–H and O–H groups in total. The van der Waals surface area contributed by atoms with Crippen molar-refractivity contribution in [3.8, 4) is 5.75 Å². The van der Waals surface area contributed by atoms with Crippen LogP contribution >= 0.6 is 0 Å². The van der Waals surface area contributed by atoms with Gasteiger partial charge in [-0.2, -0.15) is 8.51 Å². The Balaban J connectivity index is 2.48. The topological polar surface area (TPSA) is 119 Å². The van der Waals surface area contributed by atoms with Crippen LogP contribution in [0, 0.1) is 17.0 Å². The zero-order valence-electron chi connectivity index (χ0n) is 17.1. The van der Waals surface area contributed by atoms with Gasteiger partial charge in [-0.1, -0.05) is 35.9 Å². The van der Waals surface area contributed by atoms with E-state index in [1.165, 1.54) is 32.0 Å². The molecule has 0 spiro atoms. The van der Waals surface area contributed by atoms with E-state index in [1.54, 1.807) is 30.3 Å². The average Bonchev–Trinajstić information content (AvgIpc) is 2.68.